The van der Waals surface area contributed by atoms with E-state index in [0.717, 1.165) is 30.1 Å². The highest BCUT2D eigenvalue weighted by Crippen LogP contribution is 2.53. The van der Waals surface area contributed by atoms with Gasteiger partial charge in [-0.3, -0.25) is 0 Å². The lowest BCUT2D eigenvalue weighted by atomic mass is 9.63. The summed E-state index contributed by atoms with van der Waals surface area (Å²) in [6.07, 6.45) is 2.37. The van der Waals surface area contributed by atoms with Crippen molar-refractivity contribution < 1.29 is 9.84 Å². The van der Waals surface area contributed by atoms with E-state index in [1.807, 2.05) is 18.2 Å². The van der Waals surface area contributed by atoms with Crippen LogP contribution in [0.5, 0.6) is 5.75 Å². The van der Waals surface area contributed by atoms with Crippen LogP contribution in [0.15, 0.2) is 18.2 Å². The van der Waals surface area contributed by atoms with Gasteiger partial charge in [0.25, 0.3) is 0 Å². The van der Waals surface area contributed by atoms with Crippen molar-refractivity contribution in [3.05, 3.63) is 28.8 Å². The molecule has 0 radical (unpaired) electrons. The van der Waals surface area contributed by atoms with E-state index < -0.39 is 6.10 Å². The molecule has 98 valence electrons. The Bertz CT molecular complexity index is 464. The second-order valence-corrected chi connectivity index (χ2v) is 6.54. The Hall–Kier alpha value is -0.730. The zero-order valence-corrected chi connectivity index (χ0v) is 11.6. The first kappa shape index (κ1) is 12.3. The van der Waals surface area contributed by atoms with E-state index in [1.54, 1.807) is 0 Å². The lowest BCUT2D eigenvalue weighted by Crippen LogP contribution is -2.53. The van der Waals surface area contributed by atoms with Crippen molar-refractivity contribution >= 4 is 11.6 Å². The minimum atomic E-state index is -0.444. The van der Waals surface area contributed by atoms with Crippen LogP contribution in [0.1, 0.15) is 44.8 Å². The Morgan fingerprint density at radius 1 is 1.33 bits per heavy atom. The normalized spacial score (nSPS) is 34.1. The number of aliphatic hydroxyl groups excluding tert-OH is 1. The molecule has 1 aromatic rings. The first-order valence-corrected chi connectivity index (χ1v) is 7.03. The monoisotopic (exact) mass is 266 g/mol. The van der Waals surface area contributed by atoms with E-state index >= 15 is 0 Å². The minimum Gasteiger partial charge on any atom is -0.487 e. The quantitative estimate of drug-likeness (QED) is 0.834. The predicted octanol–water partition coefficient (Wildman–Crippen LogP) is 3.96. The maximum atomic E-state index is 10.3. The van der Waals surface area contributed by atoms with Gasteiger partial charge in [0.2, 0.25) is 0 Å². The molecule has 0 bridgehead atoms. The van der Waals surface area contributed by atoms with Gasteiger partial charge >= 0.3 is 0 Å². The molecule has 1 aliphatic carbocycles. The number of rotatable bonds is 1. The molecule has 1 fully saturated rings. The van der Waals surface area contributed by atoms with Crippen molar-refractivity contribution in [2.75, 3.05) is 0 Å². The Balaban J connectivity index is 1.83. The molecular formula is C15H19ClO2. The second kappa shape index (κ2) is 4.14. The minimum absolute atomic E-state index is 0.130. The van der Waals surface area contributed by atoms with Crippen LogP contribution in [0.2, 0.25) is 5.02 Å². The van der Waals surface area contributed by atoms with E-state index in [1.165, 1.54) is 0 Å². The Kier molecular flexibility index (Phi) is 2.83. The van der Waals surface area contributed by atoms with Crippen LogP contribution in [0, 0.1) is 11.8 Å². The van der Waals surface area contributed by atoms with E-state index in [9.17, 15) is 5.11 Å². The summed E-state index contributed by atoms with van der Waals surface area (Å²) in [5.41, 5.74) is 0.705. The molecule has 18 heavy (non-hydrogen) atoms. The van der Waals surface area contributed by atoms with Crippen molar-refractivity contribution in [3.63, 3.8) is 0 Å². The fraction of sp³-hybridized carbons (Fsp3) is 0.600. The zero-order chi connectivity index (χ0) is 12.9. The largest absolute Gasteiger partial charge is 0.487 e. The maximum Gasteiger partial charge on any atom is 0.126 e. The van der Waals surface area contributed by atoms with Gasteiger partial charge in [0.05, 0.1) is 6.10 Å². The molecule has 0 amide bonds. The smallest absolute Gasteiger partial charge is 0.126 e. The van der Waals surface area contributed by atoms with Gasteiger partial charge < -0.3 is 9.84 Å². The van der Waals surface area contributed by atoms with Gasteiger partial charge in [0.15, 0.2) is 0 Å². The number of halogens is 1. The van der Waals surface area contributed by atoms with Crippen LogP contribution >= 0.6 is 11.6 Å². The van der Waals surface area contributed by atoms with Crippen LogP contribution in [0.4, 0.5) is 0 Å². The highest BCUT2D eigenvalue weighted by Gasteiger charge is 2.51. The fourth-order valence-corrected chi connectivity index (χ4v) is 3.41. The summed E-state index contributed by atoms with van der Waals surface area (Å²) >= 11 is 5.96. The lowest BCUT2D eigenvalue weighted by molar-refractivity contribution is -0.108. The number of benzene rings is 1. The average molecular weight is 267 g/mol. The number of ether oxygens (including phenoxy) is 1. The van der Waals surface area contributed by atoms with E-state index in [0.29, 0.717) is 17.4 Å². The van der Waals surface area contributed by atoms with Gasteiger partial charge in [-0.05, 0) is 42.9 Å². The van der Waals surface area contributed by atoms with Crippen LogP contribution < -0.4 is 4.74 Å². The van der Waals surface area contributed by atoms with Crippen molar-refractivity contribution in [2.24, 2.45) is 11.8 Å². The average Bonchev–Trinajstić information content (AvgIpc) is 2.26. The van der Waals surface area contributed by atoms with E-state index in [2.05, 4.69) is 13.8 Å². The third-order valence-electron chi connectivity index (χ3n) is 4.43. The molecule has 3 rings (SSSR count). The lowest BCUT2D eigenvalue weighted by Gasteiger charge is -2.52. The van der Waals surface area contributed by atoms with Crippen LogP contribution in [0.25, 0.3) is 0 Å². The molecule has 0 unspecified atom stereocenters. The standard InChI is InChI=1S/C15H19ClO2/c1-9(2)10-6-15(7-10)8-13(17)12-5-11(16)3-4-14(12)18-15/h3-5,9-10,13,17H,6-8H2,1-2H3/t10?,13-,15?/m1/s1. The molecule has 1 spiro atoms. The number of hydrogen-bond acceptors (Lipinski definition) is 2. The number of aliphatic hydroxyl groups is 1. The zero-order valence-electron chi connectivity index (χ0n) is 10.8. The topological polar surface area (TPSA) is 29.5 Å². The van der Waals surface area contributed by atoms with Crippen molar-refractivity contribution in [1.29, 1.82) is 0 Å². The van der Waals surface area contributed by atoms with Gasteiger partial charge in [-0.1, -0.05) is 25.4 Å². The summed E-state index contributed by atoms with van der Waals surface area (Å²) < 4.78 is 6.14. The van der Waals surface area contributed by atoms with Crippen molar-refractivity contribution in [1.82, 2.24) is 0 Å². The molecule has 1 aliphatic heterocycles. The van der Waals surface area contributed by atoms with Gasteiger partial charge in [-0.25, -0.2) is 0 Å². The van der Waals surface area contributed by atoms with Crippen molar-refractivity contribution in [3.8, 4) is 5.75 Å². The third-order valence-corrected chi connectivity index (χ3v) is 4.67. The summed E-state index contributed by atoms with van der Waals surface area (Å²) in [6, 6.07) is 5.52. The van der Waals surface area contributed by atoms with Crippen molar-refractivity contribution in [2.45, 2.75) is 44.8 Å². The number of fused-ring (bicyclic) bond motifs is 1. The van der Waals surface area contributed by atoms with Crippen LogP contribution in [-0.2, 0) is 0 Å². The van der Waals surface area contributed by atoms with Gasteiger partial charge in [0.1, 0.15) is 11.4 Å². The summed E-state index contributed by atoms with van der Waals surface area (Å²) in [6.45, 7) is 4.51. The Labute approximate surface area is 113 Å². The van der Waals surface area contributed by atoms with Gasteiger partial charge in [-0.2, -0.15) is 0 Å². The summed E-state index contributed by atoms with van der Waals surface area (Å²) in [4.78, 5) is 0. The highest BCUT2D eigenvalue weighted by molar-refractivity contribution is 6.30. The fourth-order valence-electron chi connectivity index (χ4n) is 3.23. The third kappa shape index (κ3) is 1.92. The molecule has 1 atom stereocenters. The maximum absolute atomic E-state index is 10.3. The molecule has 0 saturated heterocycles. The molecule has 3 heteroatoms. The Morgan fingerprint density at radius 2 is 2.06 bits per heavy atom. The van der Waals surface area contributed by atoms with Crippen LogP contribution in [0.3, 0.4) is 0 Å². The first-order valence-electron chi connectivity index (χ1n) is 6.66. The van der Waals surface area contributed by atoms with Gasteiger partial charge in [0, 0.05) is 17.0 Å². The molecule has 1 N–H and O–H groups in total. The second-order valence-electron chi connectivity index (χ2n) is 6.10. The molecule has 2 nitrogen and oxygen atoms in total. The molecule has 1 saturated carbocycles. The summed E-state index contributed by atoms with van der Waals surface area (Å²) in [7, 11) is 0. The van der Waals surface area contributed by atoms with E-state index in [-0.39, 0.29) is 5.60 Å². The first-order chi connectivity index (χ1) is 8.49. The predicted molar refractivity (Wildman–Crippen MR) is 71.9 cm³/mol. The summed E-state index contributed by atoms with van der Waals surface area (Å²) in [5.74, 6) is 2.23. The molecule has 2 aliphatic rings. The van der Waals surface area contributed by atoms with E-state index in [4.69, 9.17) is 16.3 Å². The Morgan fingerprint density at radius 3 is 2.72 bits per heavy atom. The molecule has 0 aromatic heterocycles. The highest BCUT2D eigenvalue weighted by atomic mass is 35.5. The molecule has 1 heterocycles. The molecular weight excluding hydrogens is 248 g/mol. The SMILES string of the molecule is CC(C)C1CC2(C1)C[C@@H](O)c1cc(Cl)ccc1O2. The summed E-state index contributed by atoms with van der Waals surface area (Å²) in [5, 5.41) is 10.9. The number of hydrogen-bond donors (Lipinski definition) is 1. The van der Waals surface area contributed by atoms with Crippen LogP contribution in [-0.4, -0.2) is 10.7 Å². The van der Waals surface area contributed by atoms with Gasteiger partial charge in [-0.15, -0.1) is 0 Å². The molecule has 1 aromatic carbocycles.